The second-order valence-corrected chi connectivity index (χ2v) is 11.9. The van der Waals surface area contributed by atoms with Crippen LogP contribution in [0.2, 0.25) is 0 Å². The summed E-state index contributed by atoms with van der Waals surface area (Å²) in [6, 6.07) is 8.90. The van der Waals surface area contributed by atoms with E-state index < -0.39 is 29.3 Å². The molecule has 2 fully saturated rings. The van der Waals surface area contributed by atoms with Crippen LogP contribution in [0.1, 0.15) is 91.5 Å². The summed E-state index contributed by atoms with van der Waals surface area (Å²) in [4.78, 5) is 56.2. The number of carbonyl (C=O) groups excluding carboxylic acids is 4. The van der Waals surface area contributed by atoms with Crippen LogP contribution in [0.5, 0.6) is 0 Å². The average molecular weight is 557 g/mol. The highest BCUT2D eigenvalue weighted by Crippen LogP contribution is 2.32. The van der Waals surface area contributed by atoms with Gasteiger partial charge in [0, 0.05) is 12.0 Å². The maximum atomic E-state index is 13.7. The number of amides is 2. The van der Waals surface area contributed by atoms with Crippen LogP contribution >= 0.6 is 0 Å². The highest BCUT2D eigenvalue weighted by atomic mass is 16.6. The number of nitrogens with zero attached hydrogens (tertiary/aromatic N) is 2. The molecule has 222 valence electrons. The predicted octanol–water partition coefficient (Wildman–Crippen LogP) is 4.93. The highest BCUT2D eigenvalue weighted by molar-refractivity contribution is 6.38. The molecular weight excluding hydrogens is 508 g/mol. The Morgan fingerprint density at radius 1 is 1.02 bits per heavy atom. The number of ketones is 1. The van der Waals surface area contributed by atoms with Gasteiger partial charge in [0.2, 0.25) is 11.7 Å². The minimum atomic E-state index is -0.765. The summed E-state index contributed by atoms with van der Waals surface area (Å²) in [6.07, 6.45) is 5.55. The van der Waals surface area contributed by atoms with E-state index in [9.17, 15) is 19.2 Å². The lowest BCUT2D eigenvalue weighted by atomic mass is 9.82. The van der Waals surface area contributed by atoms with Crippen molar-refractivity contribution in [2.45, 2.75) is 111 Å². The first-order chi connectivity index (χ1) is 19.1. The van der Waals surface area contributed by atoms with Crippen molar-refractivity contribution in [3.05, 3.63) is 35.9 Å². The molecule has 2 aliphatic heterocycles. The van der Waals surface area contributed by atoms with Crippen molar-refractivity contribution < 1.29 is 28.7 Å². The number of hydrogen-bond acceptors (Lipinski definition) is 6. The molecule has 2 saturated heterocycles. The number of rotatable bonds is 15. The van der Waals surface area contributed by atoms with Gasteiger partial charge in [0.05, 0.1) is 25.1 Å². The van der Waals surface area contributed by atoms with Crippen molar-refractivity contribution >= 4 is 23.6 Å². The zero-order chi connectivity index (χ0) is 29.3. The first-order valence-corrected chi connectivity index (χ1v) is 15.1. The Labute approximate surface area is 239 Å². The molecular formula is C32H48N2O6. The van der Waals surface area contributed by atoms with Gasteiger partial charge >= 0.3 is 5.97 Å². The molecule has 40 heavy (non-hydrogen) atoms. The van der Waals surface area contributed by atoms with Crippen LogP contribution in [0.25, 0.3) is 0 Å². The Morgan fingerprint density at radius 3 is 2.33 bits per heavy atom. The molecule has 0 aromatic heterocycles. The van der Waals surface area contributed by atoms with Gasteiger partial charge in [-0.25, -0.2) is 0 Å². The summed E-state index contributed by atoms with van der Waals surface area (Å²) in [7, 11) is 0. The number of carbonyl (C=O) groups is 4. The lowest BCUT2D eigenvalue weighted by Gasteiger charge is -2.49. The Morgan fingerprint density at radius 2 is 1.70 bits per heavy atom. The number of piperazine rings is 1. The number of likely N-dealkylation sites (tertiary alicyclic amines) is 1. The zero-order valence-corrected chi connectivity index (χ0v) is 25.0. The van der Waals surface area contributed by atoms with Gasteiger partial charge in [0.15, 0.2) is 0 Å². The minimum absolute atomic E-state index is 0.0561. The summed E-state index contributed by atoms with van der Waals surface area (Å²) in [6.45, 7) is 10.6. The van der Waals surface area contributed by atoms with Gasteiger partial charge in [-0.1, -0.05) is 77.8 Å². The van der Waals surface area contributed by atoms with Gasteiger partial charge in [-0.15, -0.1) is 0 Å². The third-order valence-corrected chi connectivity index (χ3v) is 8.47. The summed E-state index contributed by atoms with van der Waals surface area (Å²) in [5.74, 6) is -1.49. The summed E-state index contributed by atoms with van der Waals surface area (Å²) < 4.78 is 12.0. The third kappa shape index (κ3) is 7.93. The molecule has 1 aromatic rings. The quantitative estimate of drug-likeness (QED) is 0.225. The Balaban J connectivity index is 1.73. The predicted molar refractivity (Wildman–Crippen MR) is 153 cm³/mol. The smallest absolute Gasteiger partial charge is 0.309 e. The van der Waals surface area contributed by atoms with Crippen LogP contribution < -0.4 is 0 Å². The molecule has 8 heteroatoms. The van der Waals surface area contributed by atoms with Crippen molar-refractivity contribution in [2.24, 2.45) is 11.3 Å². The molecule has 0 radical (unpaired) electrons. The van der Waals surface area contributed by atoms with E-state index in [1.54, 1.807) is 23.6 Å². The standard InChI is InChI=1S/C32H48N2O6/c1-6-13-24(14-7-2)31(38)40-22-26(39-21-23-15-10-9-11-16-23)20-33-19-25-17-12-18-27(29(33)36)34(25)30(37)28(35)32(4,5)8-3/h9-11,15-16,24-27H,6-8,12-14,17-22H2,1-5H3/t25?,26-,27?/m1/s1. The van der Waals surface area contributed by atoms with E-state index in [4.69, 9.17) is 9.47 Å². The van der Waals surface area contributed by atoms with E-state index in [2.05, 4.69) is 13.8 Å². The molecule has 3 rings (SSSR count). The molecule has 0 spiro atoms. The van der Waals surface area contributed by atoms with E-state index in [1.165, 1.54) is 0 Å². The van der Waals surface area contributed by atoms with Crippen LogP contribution in [0.3, 0.4) is 0 Å². The Hall–Kier alpha value is -2.74. The molecule has 0 N–H and O–H groups in total. The fraction of sp³-hybridized carbons (Fsp3) is 0.688. The third-order valence-electron chi connectivity index (χ3n) is 8.47. The van der Waals surface area contributed by atoms with Crippen LogP contribution in [0.4, 0.5) is 0 Å². The van der Waals surface area contributed by atoms with Crippen molar-refractivity contribution in [1.29, 1.82) is 0 Å². The van der Waals surface area contributed by atoms with Crippen molar-refractivity contribution in [3.63, 3.8) is 0 Å². The number of hydrogen-bond donors (Lipinski definition) is 0. The summed E-state index contributed by atoms with van der Waals surface area (Å²) >= 11 is 0. The van der Waals surface area contributed by atoms with E-state index >= 15 is 0 Å². The lowest BCUT2D eigenvalue weighted by molar-refractivity contribution is -0.167. The monoisotopic (exact) mass is 556 g/mol. The summed E-state index contributed by atoms with van der Waals surface area (Å²) in [5, 5.41) is 0. The Kier molecular flexibility index (Phi) is 11.7. The van der Waals surface area contributed by atoms with Gasteiger partial charge < -0.3 is 19.3 Å². The van der Waals surface area contributed by atoms with Crippen LogP contribution in [-0.2, 0) is 35.3 Å². The van der Waals surface area contributed by atoms with Crippen LogP contribution in [0, 0.1) is 11.3 Å². The number of fused-ring (bicyclic) bond motifs is 2. The molecule has 2 unspecified atom stereocenters. The molecule has 2 aliphatic rings. The van der Waals surface area contributed by atoms with Crippen molar-refractivity contribution in [2.75, 3.05) is 19.7 Å². The van der Waals surface area contributed by atoms with E-state index in [0.717, 1.165) is 44.1 Å². The molecule has 8 nitrogen and oxygen atoms in total. The number of piperidine rings is 1. The van der Waals surface area contributed by atoms with Gasteiger partial charge in [-0.2, -0.15) is 0 Å². The molecule has 0 aliphatic carbocycles. The fourth-order valence-electron chi connectivity index (χ4n) is 5.65. The topological polar surface area (TPSA) is 93.2 Å². The van der Waals surface area contributed by atoms with Gasteiger partial charge in [-0.05, 0) is 44.1 Å². The average Bonchev–Trinajstić information content (AvgIpc) is 2.96. The normalized spacial score (nSPS) is 20.0. The molecule has 3 atom stereocenters. The number of esters is 1. The van der Waals surface area contributed by atoms with E-state index in [0.29, 0.717) is 26.0 Å². The maximum Gasteiger partial charge on any atom is 0.309 e. The van der Waals surface area contributed by atoms with Crippen molar-refractivity contribution in [1.82, 2.24) is 9.80 Å². The minimum Gasteiger partial charge on any atom is -0.463 e. The first-order valence-electron chi connectivity index (χ1n) is 15.1. The number of Topliss-reactive ketones (excluding diaryl/α,β-unsaturated/α-hetero) is 1. The summed E-state index contributed by atoms with van der Waals surface area (Å²) in [5.41, 5.74) is 0.225. The SMILES string of the molecule is CCCC(CCC)C(=O)OC[C@@H](CN1CC2CCCC(C1=O)N2C(=O)C(=O)C(C)(C)CC)OCc1ccccc1. The molecule has 2 bridgehead atoms. The van der Waals surface area contributed by atoms with Gasteiger partial charge in [-0.3, -0.25) is 19.2 Å². The van der Waals surface area contributed by atoms with Gasteiger partial charge in [0.1, 0.15) is 18.8 Å². The highest BCUT2D eigenvalue weighted by Gasteiger charge is 2.48. The zero-order valence-electron chi connectivity index (χ0n) is 25.0. The molecule has 2 amide bonds. The molecule has 2 heterocycles. The number of benzene rings is 1. The molecule has 0 saturated carbocycles. The lowest BCUT2D eigenvalue weighted by Crippen LogP contribution is -2.67. The largest absolute Gasteiger partial charge is 0.463 e. The first kappa shape index (κ1) is 31.8. The van der Waals surface area contributed by atoms with Gasteiger partial charge in [0.25, 0.3) is 5.91 Å². The van der Waals surface area contributed by atoms with Crippen molar-refractivity contribution in [3.8, 4) is 0 Å². The number of ether oxygens (including phenoxy) is 2. The second-order valence-electron chi connectivity index (χ2n) is 11.9. The van der Waals surface area contributed by atoms with E-state index in [-0.39, 0.29) is 37.0 Å². The fourth-order valence-corrected chi connectivity index (χ4v) is 5.65. The molecule has 1 aromatic carbocycles. The van der Waals surface area contributed by atoms with E-state index in [1.807, 2.05) is 37.3 Å². The van der Waals surface area contributed by atoms with Crippen LogP contribution in [-0.4, -0.2) is 71.3 Å². The van der Waals surface area contributed by atoms with Crippen LogP contribution in [0.15, 0.2) is 30.3 Å². The Bertz CT molecular complexity index is 1000. The maximum absolute atomic E-state index is 13.7. The second kappa shape index (κ2) is 14.8.